The molecule has 0 saturated carbocycles. The van der Waals surface area contributed by atoms with E-state index in [1.165, 1.54) is 12.1 Å². The van der Waals surface area contributed by atoms with Crippen LogP contribution in [0.1, 0.15) is 31.5 Å². The molecular formula is C21H24N4O3. The summed E-state index contributed by atoms with van der Waals surface area (Å²) >= 11 is 0. The van der Waals surface area contributed by atoms with Gasteiger partial charge in [-0.05, 0) is 36.6 Å². The van der Waals surface area contributed by atoms with Crippen LogP contribution in [0.15, 0.2) is 42.6 Å². The van der Waals surface area contributed by atoms with Crippen molar-refractivity contribution in [2.45, 2.75) is 33.7 Å². The summed E-state index contributed by atoms with van der Waals surface area (Å²) in [4.78, 5) is 29.4. The highest BCUT2D eigenvalue weighted by Gasteiger charge is 2.19. The fourth-order valence-corrected chi connectivity index (χ4v) is 3.14. The van der Waals surface area contributed by atoms with Crippen LogP contribution in [0.4, 0.5) is 5.69 Å². The van der Waals surface area contributed by atoms with Crippen molar-refractivity contribution >= 4 is 17.2 Å². The zero-order valence-electron chi connectivity index (χ0n) is 16.5. The summed E-state index contributed by atoms with van der Waals surface area (Å²) in [5.41, 5.74) is 4.29. The number of fused-ring (bicyclic) bond motifs is 1. The highest BCUT2D eigenvalue weighted by atomic mass is 16.6. The minimum Gasteiger partial charge on any atom is -0.340 e. The first-order chi connectivity index (χ1) is 13.3. The van der Waals surface area contributed by atoms with E-state index in [4.69, 9.17) is 4.98 Å². The molecule has 0 unspecified atom stereocenters. The summed E-state index contributed by atoms with van der Waals surface area (Å²) in [6.45, 7) is 6.45. The molecule has 0 radical (unpaired) electrons. The Morgan fingerprint density at radius 1 is 1.21 bits per heavy atom. The van der Waals surface area contributed by atoms with Gasteiger partial charge in [0.25, 0.3) is 5.69 Å². The van der Waals surface area contributed by atoms with Gasteiger partial charge in [0.1, 0.15) is 5.65 Å². The molecule has 0 aliphatic heterocycles. The molecule has 1 amide bonds. The second kappa shape index (κ2) is 7.80. The molecule has 7 heteroatoms. The number of carbonyl (C=O) groups is 1. The van der Waals surface area contributed by atoms with Crippen LogP contribution in [0.2, 0.25) is 0 Å². The summed E-state index contributed by atoms with van der Waals surface area (Å²) in [5, 5.41) is 10.9. The number of nitrogens with zero attached hydrogens (tertiary/aromatic N) is 4. The maximum absolute atomic E-state index is 12.5. The Morgan fingerprint density at radius 2 is 1.89 bits per heavy atom. The lowest BCUT2D eigenvalue weighted by Gasteiger charge is -2.19. The van der Waals surface area contributed by atoms with E-state index in [-0.39, 0.29) is 17.5 Å². The van der Waals surface area contributed by atoms with E-state index >= 15 is 0 Å². The van der Waals surface area contributed by atoms with Crippen molar-refractivity contribution in [3.8, 4) is 11.3 Å². The molecule has 0 aliphatic carbocycles. The predicted molar refractivity (Wildman–Crippen MR) is 108 cm³/mol. The summed E-state index contributed by atoms with van der Waals surface area (Å²) in [6, 6.07) is 10.3. The average molecular weight is 380 g/mol. The van der Waals surface area contributed by atoms with Crippen molar-refractivity contribution < 1.29 is 9.72 Å². The number of pyridine rings is 1. The quantitative estimate of drug-likeness (QED) is 0.474. The Kier molecular flexibility index (Phi) is 5.44. The molecule has 2 heterocycles. The second-order valence-electron chi connectivity index (χ2n) is 7.49. The number of non-ortho nitro benzene ring substituents is 1. The second-order valence-corrected chi connectivity index (χ2v) is 7.49. The lowest BCUT2D eigenvalue weighted by molar-refractivity contribution is -0.384. The maximum Gasteiger partial charge on any atom is 0.269 e. The summed E-state index contributed by atoms with van der Waals surface area (Å²) < 4.78 is 1.99. The number of aromatic nitrogens is 2. The van der Waals surface area contributed by atoms with E-state index in [2.05, 4.69) is 0 Å². The van der Waals surface area contributed by atoms with E-state index in [0.29, 0.717) is 13.0 Å². The van der Waals surface area contributed by atoms with Gasteiger partial charge in [-0.1, -0.05) is 19.9 Å². The molecule has 0 saturated heterocycles. The van der Waals surface area contributed by atoms with Crippen LogP contribution in [0.3, 0.4) is 0 Å². The van der Waals surface area contributed by atoms with Crippen molar-refractivity contribution in [1.29, 1.82) is 0 Å². The molecule has 0 fully saturated rings. The smallest absolute Gasteiger partial charge is 0.269 e. The fraction of sp³-hybridized carbons (Fsp3) is 0.333. The van der Waals surface area contributed by atoms with Gasteiger partial charge in [0, 0.05) is 37.4 Å². The number of aryl methyl sites for hydroxylation is 1. The van der Waals surface area contributed by atoms with E-state index in [1.54, 1.807) is 24.1 Å². The van der Waals surface area contributed by atoms with E-state index in [0.717, 1.165) is 28.2 Å². The fourth-order valence-electron chi connectivity index (χ4n) is 3.14. The molecule has 0 atom stereocenters. The average Bonchev–Trinajstić information content (AvgIpc) is 2.99. The van der Waals surface area contributed by atoms with Crippen molar-refractivity contribution in [1.82, 2.24) is 14.3 Å². The Labute approximate surface area is 163 Å². The highest BCUT2D eigenvalue weighted by molar-refractivity contribution is 5.76. The van der Waals surface area contributed by atoms with Crippen molar-refractivity contribution in [3.63, 3.8) is 0 Å². The molecule has 0 bridgehead atoms. The molecular weight excluding hydrogens is 356 g/mol. The SMILES string of the molecule is Cc1ccc2nc(-c3ccc([N+](=O)[O-])cc3)c(CN(C)C(=O)CC(C)C)n2c1. The number of benzene rings is 1. The van der Waals surface area contributed by atoms with Gasteiger partial charge in [0.2, 0.25) is 5.91 Å². The molecule has 0 N–H and O–H groups in total. The molecule has 3 rings (SSSR count). The van der Waals surface area contributed by atoms with Gasteiger partial charge in [-0.25, -0.2) is 4.98 Å². The van der Waals surface area contributed by atoms with Gasteiger partial charge >= 0.3 is 0 Å². The first kappa shape index (κ1) is 19.5. The standard InChI is InChI=1S/C21H24N4O3/c1-14(2)11-20(26)23(4)13-18-21(16-6-8-17(9-7-16)25(27)28)22-19-10-5-15(3)12-24(18)19/h5-10,12,14H,11,13H2,1-4H3. The molecule has 146 valence electrons. The Bertz CT molecular complexity index is 1020. The zero-order valence-corrected chi connectivity index (χ0v) is 16.5. The number of carbonyl (C=O) groups excluding carboxylic acids is 1. The number of nitro benzene ring substituents is 1. The van der Waals surface area contributed by atoms with Gasteiger partial charge in [0.05, 0.1) is 22.9 Å². The van der Waals surface area contributed by atoms with E-state index < -0.39 is 4.92 Å². The maximum atomic E-state index is 12.5. The third-order valence-corrected chi connectivity index (χ3v) is 4.61. The van der Waals surface area contributed by atoms with Crippen molar-refractivity contribution in [2.24, 2.45) is 5.92 Å². The molecule has 7 nitrogen and oxygen atoms in total. The summed E-state index contributed by atoms with van der Waals surface area (Å²) in [6.07, 6.45) is 2.48. The number of nitro groups is 1. The number of amides is 1. The molecule has 3 aromatic rings. The molecule has 0 aliphatic rings. The monoisotopic (exact) mass is 380 g/mol. The predicted octanol–water partition coefficient (Wildman–Crippen LogP) is 4.22. The molecule has 28 heavy (non-hydrogen) atoms. The molecule has 2 aromatic heterocycles. The normalized spacial score (nSPS) is 11.2. The van der Waals surface area contributed by atoms with Gasteiger partial charge in [-0.15, -0.1) is 0 Å². The third-order valence-electron chi connectivity index (χ3n) is 4.61. The van der Waals surface area contributed by atoms with Gasteiger partial charge in [-0.3, -0.25) is 14.9 Å². The van der Waals surface area contributed by atoms with Crippen LogP contribution in [0, 0.1) is 23.0 Å². The van der Waals surface area contributed by atoms with Gasteiger partial charge < -0.3 is 9.30 Å². The lowest BCUT2D eigenvalue weighted by Crippen LogP contribution is -2.28. The van der Waals surface area contributed by atoms with Crippen LogP contribution in [-0.4, -0.2) is 32.2 Å². The highest BCUT2D eigenvalue weighted by Crippen LogP contribution is 2.28. The summed E-state index contributed by atoms with van der Waals surface area (Å²) in [7, 11) is 1.79. The van der Waals surface area contributed by atoms with Crippen molar-refractivity contribution in [2.75, 3.05) is 7.05 Å². The van der Waals surface area contributed by atoms with Gasteiger partial charge in [0.15, 0.2) is 0 Å². The van der Waals surface area contributed by atoms with E-state index in [1.807, 2.05) is 43.5 Å². The van der Waals surface area contributed by atoms with Crippen LogP contribution < -0.4 is 0 Å². The van der Waals surface area contributed by atoms with Gasteiger partial charge in [-0.2, -0.15) is 0 Å². The first-order valence-corrected chi connectivity index (χ1v) is 9.22. The number of rotatable bonds is 6. The minimum absolute atomic E-state index is 0.0362. The number of hydrogen-bond donors (Lipinski definition) is 0. The van der Waals surface area contributed by atoms with Crippen molar-refractivity contribution in [3.05, 3.63) is 64.0 Å². The third kappa shape index (κ3) is 4.03. The minimum atomic E-state index is -0.421. The van der Waals surface area contributed by atoms with Crippen LogP contribution in [-0.2, 0) is 11.3 Å². The number of hydrogen-bond acceptors (Lipinski definition) is 4. The largest absolute Gasteiger partial charge is 0.340 e. The van der Waals surface area contributed by atoms with Crippen LogP contribution >= 0.6 is 0 Å². The number of imidazole rings is 1. The topological polar surface area (TPSA) is 80.8 Å². The summed E-state index contributed by atoms with van der Waals surface area (Å²) in [5.74, 6) is 0.362. The first-order valence-electron chi connectivity index (χ1n) is 9.22. The zero-order chi connectivity index (χ0) is 20.4. The Balaban J connectivity index is 2.05. The Hall–Kier alpha value is -3.22. The molecule has 1 aromatic carbocycles. The lowest BCUT2D eigenvalue weighted by atomic mass is 10.1. The molecule has 0 spiro atoms. The van der Waals surface area contributed by atoms with Crippen LogP contribution in [0.5, 0.6) is 0 Å². The van der Waals surface area contributed by atoms with E-state index in [9.17, 15) is 14.9 Å². The Morgan fingerprint density at radius 3 is 2.50 bits per heavy atom. The van der Waals surface area contributed by atoms with Crippen LogP contribution in [0.25, 0.3) is 16.9 Å².